The Morgan fingerprint density at radius 3 is 2.62 bits per heavy atom. The van der Waals surface area contributed by atoms with Gasteiger partial charge in [0.2, 0.25) is 0 Å². The van der Waals surface area contributed by atoms with Crippen molar-refractivity contribution in [3.05, 3.63) is 66.5 Å². The number of hydrogen-bond donors (Lipinski definition) is 2. The summed E-state index contributed by atoms with van der Waals surface area (Å²) in [5, 5.41) is 2.90. The summed E-state index contributed by atoms with van der Waals surface area (Å²) in [5.41, 5.74) is 5.53. The average molecular weight is 280 g/mol. The molecule has 0 radical (unpaired) electrons. The number of para-hydroxylation sites is 2. The van der Waals surface area contributed by atoms with Crippen LogP contribution in [-0.2, 0) is 0 Å². The first-order chi connectivity index (χ1) is 10.2. The fraction of sp³-hybridized carbons (Fsp3) is 0.125. The van der Waals surface area contributed by atoms with Crippen LogP contribution in [0.15, 0.2) is 60.9 Å². The minimum absolute atomic E-state index is 0.0685. The average Bonchev–Trinajstić information content (AvgIpc) is 2.91. The summed E-state index contributed by atoms with van der Waals surface area (Å²) in [7, 11) is 0. The fourth-order valence-corrected chi connectivity index (χ4v) is 2.21. The lowest BCUT2D eigenvalue weighted by molar-refractivity contribution is 0.247. The Morgan fingerprint density at radius 2 is 1.81 bits per heavy atom. The van der Waals surface area contributed by atoms with Crippen molar-refractivity contribution >= 4 is 17.1 Å². The number of hydrogen-bond acceptors (Lipinski definition) is 2. The van der Waals surface area contributed by atoms with Crippen LogP contribution in [0.4, 0.5) is 4.79 Å². The van der Waals surface area contributed by atoms with Crippen LogP contribution in [0.25, 0.3) is 11.0 Å². The first kappa shape index (κ1) is 13.2. The maximum absolute atomic E-state index is 12.1. The van der Waals surface area contributed by atoms with Crippen LogP contribution in [-0.4, -0.2) is 15.7 Å². The number of amides is 2. The van der Waals surface area contributed by atoms with E-state index in [2.05, 4.69) is 15.7 Å². The summed E-state index contributed by atoms with van der Waals surface area (Å²) in [5.74, 6) is 0. The zero-order chi connectivity index (χ0) is 14.7. The molecule has 3 aromatic rings. The summed E-state index contributed by atoms with van der Waals surface area (Å²) in [4.78, 5) is 16.3. The third-order valence-electron chi connectivity index (χ3n) is 3.32. The molecule has 0 fully saturated rings. The molecule has 0 aliphatic rings. The lowest BCUT2D eigenvalue weighted by Crippen LogP contribution is -2.35. The summed E-state index contributed by atoms with van der Waals surface area (Å²) < 4.78 is 1.61. The SMILES string of the molecule is CC(NC(=O)Nn1cnc2ccccc21)c1ccccc1. The van der Waals surface area contributed by atoms with Crippen LogP contribution in [0.1, 0.15) is 18.5 Å². The number of rotatable bonds is 3. The smallest absolute Gasteiger partial charge is 0.330 e. The summed E-state index contributed by atoms with van der Waals surface area (Å²) >= 11 is 0. The Labute approximate surface area is 122 Å². The molecule has 1 heterocycles. The zero-order valence-corrected chi connectivity index (χ0v) is 11.7. The van der Waals surface area contributed by atoms with Gasteiger partial charge in [0.15, 0.2) is 0 Å². The maximum Gasteiger partial charge on any atom is 0.334 e. The Kier molecular flexibility index (Phi) is 3.55. The Balaban J connectivity index is 1.69. The molecule has 0 bridgehead atoms. The van der Waals surface area contributed by atoms with Crippen LogP contribution >= 0.6 is 0 Å². The second-order valence-electron chi connectivity index (χ2n) is 4.82. The molecule has 106 valence electrons. The van der Waals surface area contributed by atoms with Crippen LogP contribution in [0.2, 0.25) is 0 Å². The molecule has 0 saturated carbocycles. The minimum atomic E-state index is -0.269. The van der Waals surface area contributed by atoms with E-state index in [4.69, 9.17) is 0 Å². The quantitative estimate of drug-likeness (QED) is 0.774. The molecule has 2 aromatic carbocycles. The van der Waals surface area contributed by atoms with Crippen molar-refractivity contribution in [3.8, 4) is 0 Å². The van der Waals surface area contributed by atoms with Gasteiger partial charge in [0.05, 0.1) is 17.1 Å². The lowest BCUT2D eigenvalue weighted by atomic mass is 10.1. The van der Waals surface area contributed by atoms with Crippen molar-refractivity contribution < 1.29 is 4.79 Å². The van der Waals surface area contributed by atoms with Gasteiger partial charge >= 0.3 is 6.03 Å². The van der Waals surface area contributed by atoms with Gasteiger partial charge in [-0.25, -0.2) is 19.9 Å². The van der Waals surface area contributed by atoms with Crippen LogP contribution in [0.5, 0.6) is 0 Å². The molecule has 0 aliphatic carbocycles. The number of nitrogens with zero attached hydrogens (tertiary/aromatic N) is 2. The van der Waals surface area contributed by atoms with E-state index in [1.165, 1.54) is 0 Å². The molecule has 5 heteroatoms. The van der Waals surface area contributed by atoms with Gasteiger partial charge in [-0.2, -0.15) is 0 Å². The Bertz CT molecular complexity index is 751. The molecule has 3 rings (SSSR count). The van der Waals surface area contributed by atoms with E-state index in [9.17, 15) is 4.79 Å². The van der Waals surface area contributed by atoms with Crippen molar-refractivity contribution in [1.29, 1.82) is 0 Å². The van der Waals surface area contributed by atoms with E-state index in [1.54, 1.807) is 11.0 Å². The Hall–Kier alpha value is -2.82. The number of aromatic nitrogens is 2. The monoisotopic (exact) mass is 280 g/mol. The minimum Gasteiger partial charge on any atom is -0.330 e. The molecular weight excluding hydrogens is 264 g/mol. The molecule has 21 heavy (non-hydrogen) atoms. The molecule has 5 nitrogen and oxygen atoms in total. The van der Waals surface area contributed by atoms with Crippen molar-refractivity contribution in [2.45, 2.75) is 13.0 Å². The van der Waals surface area contributed by atoms with E-state index in [0.29, 0.717) is 0 Å². The van der Waals surface area contributed by atoms with E-state index in [1.807, 2.05) is 61.5 Å². The van der Waals surface area contributed by atoms with Gasteiger partial charge in [-0.1, -0.05) is 42.5 Å². The molecular formula is C16H16N4O. The van der Waals surface area contributed by atoms with Crippen LogP contribution in [0, 0.1) is 0 Å². The summed E-state index contributed by atoms with van der Waals surface area (Å²) in [6, 6.07) is 17.1. The van der Waals surface area contributed by atoms with E-state index >= 15 is 0 Å². The molecule has 0 spiro atoms. The highest BCUT2D eigenvalue weighted by Crippen LogP contribution is 2.12. The molecule has 1 aromatic heterocycles. The first-order valence-corrected chi connectivity index (χ1v) is 6.78. The Morgan fingerprint density at radius 1 is 1.10 bits per heavy atom. The zero-order valence-electron chi connectivity index (χ0n) is 11.7. The van der Waals surface area contributed by atoms with E-state index in [-0.39, 0.29) is 12.1 Å². The number of benzene rings is 2. The van der Waals surface area contributed by atoms with Gasteiger partial charge < -0.3 is 5.32 Å². The highest BCUT2D eigenvalue weighted by atomic mass is 16.2. The topological polar surface area (TPSA) is 59.0 Å². The largest absolute Gasteiger partial charge is 0.334 e. The van der Waals surface area contributed by atoms with Gasteiger partial charge in [-0.15, -0.1) is 0 Å². The summed E-state index contributed by atoms with van der Waals surface area (Å²) in [6.45, 7) is 1.95. The number of urea groups is 1. The predicted octanol–water partition coefficient (Wildman–Crippen LogP) is 3.05. The highest BCUT2D eigenvalue weighted by Gasteiger charge is 2.10. The van der Waals surface area contributed by atoms with Crippen molar-refractivity contribution in [2.24, 2.45) is 0 Å². The molecule has 2 amide bonds. The van der Waals surface area contributed by atoms with Gasteiger partial charge in [0.25, 0.3) is 0 Å². The fourth-order valence-electron chi connectivity index (χ4n) is 2.21. The van der Waals surface area contributed by atoms with Crippen LogP contribution in [0.3, 0.4) is 0 Å². The predicted molar refractivity (Wildman–Crippen MR) is 82.5 cm³/mol. The normalized spacial score (nSPS) is 12.0. The second-order valence-corrected chi connectivity index (χ2v) is 4.82. The van der Waals surface area contributed by atoms with Gasteiger partial charge in [0, 0.05) is 0 Å². The van der Waals surface area contributed by atoms with Gasteiger partial charge in [-0.3, -0.25) is 0 Å². The molecule has 2 N–H and O–H groups in total. The second kappa shape index (κ2) is 5.66. The van der Waals surface area contributed by atoms with Crippen LogP contribution < -0.4 is 10.7 Å². The van der Waals surface area contributed by atoms with E-state index < -0.39 is 0 Å². The number of carbonyl (C=O) groups excluding carboxylic acids is 1. The molecule has 0 saturated heterocycles. The number of fused-ring (bicyclic) bond motifs is 1. The lowest BCUT2D eigenvalue weighted by Gasteiger charge is -2.15. The van der Waals surface area contributed by atoms with Crippen molar-refractivity contribution in [3.63, 3.8) is 0 Å². The maximum atomic E-state index is 12.1. The van der Waals surface area contributed by atoms with E-state index in [0.717, 1.165) is 16.6 Å². The van der Waals surface area contributed by atoms with Gasteiger partial charge in [-0.05, 0) is 24.6 Å². The van der Waals surface area contributed by atoms with Gasteiger partial charge in [0.1, 0.15) is 6.33 Å². The number of nitrogens with one attached hydrogen (secondary N) is 2. The summed E-state index contributed by atoms with van der Waals surface area (Å²) in [6.07, 6.45) is 1.59. The van der Waals surface area contributed by atoms with Crippen molar-refractivity contribution in [1.82, 2.24) is 15.0 Å². The highest BCUT2D eigenvalue weighted by molar-refractivity contribution is 5.85. The standard InChI is InChI=1S/C16H16N4O/c1-12(13-7-3-2-4-8-13)18-16(21)19-20-11-17-14-9-5-6-10-15(14)20/h2-12H,1H3,(H2,18,19,21). The third kappa shape index (κ3) is 2.86. The first-order valence-electron chi connectivity index (χ1n) is 6.78. The number of imidazole rings is 1. The number of carbonyl (C=O) groups is 1. The molecule has 1 unspecified atom stereocenters. The molecule has 0 aliphatic heterocycles. The molecule has 1 atom stereocenters. The van der Waals surface area contributed by atoms with Crippen molar-refractivity contribution in [2.75, 3.05) is 5.43 Å². The third-order valence-corrected chi connectivity index (χ3v) is 3.32.